The maximum absolute atomic E-state index is 12.2. The van der Waals surface area contributed by atoms with Gasteiger partial charge in [0.2, 0.25) is 0 Å². The molecule has 29 heavy (non-hydrogen) atoms. The second-order valence-electron chi connectivity index (χ2n) is 6.55. The first-order valence-corrected chi connectivity index (χ1v) is 10.3. The number of hydrogen-bond donors (Lipinski definition) is 3. The molecule has 0 radical (unpaired) electrons. The molecule has 0 bridgehead atoms. The third-order valence-electron chi connectivity index (χ3n) is 4.21. The van der Waals surface area contributed by atoms with Crippen molar-refractivity contribution in [2.24, 2.45) is 4.99 Å². The smallest absolute Gasteiger partial charge is 0.251 e. The second kappa shape index (κ2) is 12.4. The molecule has 0 aromatic heterocycles. The van der Waals surface area contributed by atoms with Crippen molar-refractivity contribution in [2.75, 3.05) is 19.7 Å². The molecule has 0 heterocycles. The van der Waals surface area contributed by atoms with E-state index in [4.69, 9.17) is 4.74 Å². The summed E-state index contributed by atoms with van der Waals surface area (Å²) in [7, 11) is 0. The Morgan fingerprint density at radius 1 is 1.00 bits per heavy atom. The Balaban J connectivity index is 2.03. The molecule has 0 aliphatic carbocycles. The zero-order valence-electron chi connectivity index (χ0n) is 17.6. The van der Waals surface area contributed by atoms with Crippen LogP contribution in [0.5, 0.6) is 5.75 Å². The minimum Gasteiger partial charge on any atom is -0.494 e. The minimum absolute atomic E-state index is 0.0461. The predicted octanol–water partition coefficient (Wildman–Crippen LogP) is 3.48. The van der Waals surface area contributed by atoms with Crippen LogP contribution in [0.15, 0.2) is 53.5 Å². The summed E-state index contributed by atoms with van der Waals surface area (Å²) in [5.41, 5.74) is 2.73. The van der Waals surface area contributed by atoms with Crippen LogP contribution in [0.3, 0.4) is 0 Å². The fraction of sp³-hybridized carbons (Fsp3) is 0.391. The summed E-state index contributed by atoms with van der Waals surface area (Å²) in [5.74, 6) is 1.55. The number of aliphatic imine (C=N–C) groups is 1. The summed E-state index contributed by atoms with van der Waals surface area (Å²) in [6.45, 7) is 9.22. The monoisotopic (exact) mass is 396 g/mol. The van der Waals surface area contributed by atoms with Gasteiger partial charge in [0.1, 0.15) is 5.75 Å². The molecule has 2 rings (SSSR count). The Labute approximate surface area is 173 Å². The Bertz CT molecular complexity index is 805. The van der Waals surface area contributed by atoms with Gasteiger partial charge in [0.05, 0.1) is 13.2 Å². The molecule has 3 N–H and O–H groups in total. The standard InChI is InChI=1S/C23H32N4O2/c1-4-14-25-22(28)19-12-9-10-18(15-19)16-26-23(24-5-2)27-17-20-11-7-8-13-21(20)29-6-3/h7-13,15H,4-6,14,16-17H2,1-3H3,(H,25,28)(H2,24,26,27). The van der Waals surface area contributed by atoms with E-state index in [1.165, 1.54) is 0 Å². The quantitative estimate of drug-likeness (QED) is 0.425. The Hall–Kier alpha value is -3.02. The average molecular weight is 397 g/mol. The summed E-state index contributed by atoms with van der Waals surface area (Å²) >= 11 is 0. The summed E-state index contributed by atoms with van der Waals surface area (Å²) in [4.78, 5) is 16.8. The van der Waals surface area contributed by atoms with Gasteiger partial charge in [0.25, 0.3) is 5.91 Å². The number of hydrogen-bond acceptors (Lipinski definition) is 3. The van der Waals surface area contributed by atoms with Crippen molar-refractivity contribution >= 4 is 11.9 Å². The first-order chi connectivity index (χ1) is 14.2. The van der Waals surface area contributed by atoms with E-state index in [-0.39, 0.29) is 5.91 Å². The van der Waals surface area contributed by atoms with E-state index in [2.05, 4.69) is 20.9 Å². The third kappa shape index (κ3) is 7.49. The molecule has 0 aliphatic heterocycles. The molecular weight excluding hydrogens is 364 g/mol. The van der Waals surface area contributed by atoms with E-state index < -0.39 is 0 Å². The molecule has 2 aromatic rings. The van der Waals surface area contributed by atoms with E-state index in [1.54, 1.807) is 0 Å². The van der Waals surface area contributed by atoms with E-state index >= 15 is 0 Å². The van der Waals surface area contributed by atoms with Crippen LogP contribution in [-0.4, -0.2) is 31.6 Å². The lowest BCUT2D eigenvalue weighted by molar-refractivity contribution is 0.0953. The molecule has 6 heteroatoms. The van der Waals surface area contributed by atoms with Crippen LogP contribution in [0.25, 0.3) is 0 Å². The average Bonchev–Trinajstić information content (AvgIpc) is 2.75. The molecule has 2 aromatic carbocycles. The van der Waals surface area contributed by atoms with Gasteiger partial charge >= 0.3 is 0 Å². The minimum atomic E-state index is -0.0461. The van der Waals surface area contributed by atoms with Crippen LogP contribution in [0.1, 0.15) is 48.7 Å². The number of amides is 1. The van der Waals surface area contributed by atoms with Crippen LogP contribution in [0, 0.1) is 0 Å². The Morgan fingerprint density at radius 3 is 2.59 bits per heavy atom. The lowest BCUT2D eigenvalue weighted by Crippen LogP contribution is -2.36. The molecule has 0 unspecified atom stereocenters. The second-order valence-corrected chi connectivity index (χ2v) is 6.55. The zero-order valence-corrected chi connectivity index (χ0v) is 17.6. The number of guanidine groups is 1. The highest BCUT2D eigenvalue weighted by molar-refractivity contribution is 5.94. The number of rotatable bonds is 10. The number of carbonyl (C=O) groups excluding carboxylic acids is 1. The van der Waals surface area contributed by atoms with Crippen molar-refractivity contribution in [3.63, 3.8) is 0 Å². The predicted molar refractivity (Wildman–Crippen MR) is 118 cm³/mol. The van der Waals surface area contributed by atoms with Gasteiger partial charge in [0.15, 0.2) is 5.96 Å². The van der Waals surface area contributed by atoms with Crippen molar-refractivity contribution in [1.29, 1.82) is 0 Å². The van der Waals surface area contributed by atoms with Gasteiger partial charge in [0, 0.05) is 30.8 Å². The van der Waals surface area contributed by atoms with Gasteiger partial charge in [-0.2, -0.15) is 0 Å². The van der Waals surface area contributed by atoms with Crippen LogP contribution in [0.4, 0.5) is 0 Å². The largest absolute Gasteiger partial charge is 0.494 e. The van der Waals surface area contributed by atoms with Crippen molar-refractivity contribution < 1.29 is 9.53 Å². The van der Waals surface area contributed by atoms with E-state index in [1.807, 2.05) is 69.3 Å². The number of nitrogens with zero attached hydrogens (tertiary/aromatic N) is 1. The SMILES string of the molecule is CCCNC(=O)c1cccc(CN=C(NCC)NCc2ccccc2OCC)c1. The lowest BCUT2D eigenvalue weighted by atomic mass is 10.1. The van der Waals surface area contributed by atoms with Crippen LogP contribution >= 0.6 is 0 Å². The molecule has 6 nitrogen and oxygen atoms in total. The maximum atomic E-state index is 12.2. The molecule has 0 saturated carbocycles. The molecule has 0 fully saturated rings. The topological polar surface area (TPSA) is 74.8 Å². The van der Waals surface area contributed by atoms with Crippen molar-refractivity contribution in [2.45, 2.75) is 40.3 Å². The van der Waals surface area contributed by atoms with Gasteiger partial charge in [-0.05, 0) is 44.0 Å². The Kier molecular flexibility index (Phi) is 9.55. The summed E-state index contributed by atoms with van der Waals surface area (Å²) in [6.07, 6.45) is 0.917. The molecule has 0 spiro atoms. The third-order valence-corrected chi connectivity index (χ3v) is 4.21. The summed E-state index contributed by atoms with van der Waals surface area (Å²) < 4.78 is 5.68. The normalized spacial score (nSPS) is 11.1. The maximum Gasteiger partial charge on any atom is 0.251 e. The lowest BCUT2D eigenvalue weighted by Gasteiger charge is -2.14. The van der Waals surface area contributed by atoms with Gasteiger partial charge in [-0.1, -0.05) is 37.3 Å². The van der Waals surface area contributed by atoms with Gasteiger partial charge in [-0.25, -0.2) is 4.99 Å². The van der Waals surface area contributed by atoms with Gasteiger partial charge in [-0.3, -0.25) is 4.79 Å². The van der Waals surface area contributed by atoms with E-state index in [0.717, 1.165) is 35.8 Å². The van der Waals surface area contributed by atoms with Crippen LogP contribution < -0.4 is 20.7 Å². The fourth-order valence-electron chi connectivity index (χ4n) is 2.79. The first-order valence-electron chi connectivity index (χ1n) is 10.3. The summed E-state index contributed by atoms with van der Waals surface area (Å²) in [5, 5.41) is 9.51. The zero-order chi connectivity index (χ0) is 20.9. The highest BCUT2D eigenvalue weighted by atomic mass is 16.5. The van der Waals surface area contributed by atoms with Crippen LogP contribution in [-0.2, 0) is 13.1 Å². The molecule has 0 aliphatic rings. The fourth-order valence-corrected chi connectivity index (χ4v) is 2.79. The number of ether oxygens (including phenoxy) is 1. The highest BCUT2D eigenvalue weighted by Crippen LogP contribution is 2.17. The molecule has 0 saturated heterocycles. The van der Waals surface area contributed by atoms with Gasteiger partial charge < -0.3 is 20.7 Å². The number of carbonyl (C=O) groups is 1. The molecule has 156 valence electrons. The van der Waals surface area contributed by atoms with E-state index in [9.17, 15) is 4.79 Å². The number of para-hydroxylation sites is 1. The summed E-state index contributed by atoms with van der Waals surface area (Å²) in [6, 6.07) is 15.6. The van der Waals surface area contributed by atoms with Crippen molar-refractivity contribution in [3.05, 3.63) is 65.2 Å². The molecule has 1 amide bonds. The highest BCUT2D eigenvalue weighted by Gasteiger charge is 2.06. The van der Waals surface area contributed by atoms with Crippen molar-refractivity contribution in [1.82, 2.24) is 16.0 Å². The van der Waals surface area contributed by atoms with Crippen LogP contribution in [0.2, 0.25) is 0 Å². The number of nitrogens with one attached hydrogen (secondary N) is 3. The Morgan fingerprint density at radius 2 is 1.83 bits per heavy atom. The van der Waals surface area contributed by atoms with E-state index in [0.29, 0.717) is 31.8 Å². The molecule has 0 atom stereocenters. The molecular formula is C23H32N4O2. The van der Waals surface area contributed by atoms with Gasteiger partial charge in [-0.15, -0.1) is 0 Å². The number of benzene rings is 2. The van der Waals surface area contributed by atoms with Crippen molar-refractivity contribution in [3.8, 4) is 5.75 Å². The first kappa shape index (κ1) is 22.3.